The summed E-state index contributed by atoms with van der Waals surface area (Å²) in [7, 11) is 0. The van der Waals surface area contributed by atoms with Crippen molar-refractivity contribution in [2.45, 2.75) is 13.3 Å². The Morgan fingerprint density at radius 2 is 2.06 bits per heavy atom. The second-order valence-electron chi connectivity index (χ2n) is 3.82. The van der Waals surface area contributed by atoms with E-state index in [1.165, 1.54) is 6.20 Å². The minimum Gasteiger partial charge on any atom is -0.287 e. The molecule has 92 valence electrons. The van der Waals surface area contributed by atoms with E-state index in [1.54, 1.807) is 12.1 Å². The molecule has 2 nitrogen and oxygen atoms in total. The lowest BCUT2D eigenvalue weighted by molar-refractivity contribution is 0.102. The minimum absolute atomic E-state index is 0.162. The first-order valence-electron chi connectivity index (χ1n) is 5.57. The van der Waals surface area contributed by atoms with Crippen LogP contribution in [0, 0.1) is 11.6 Å². The first-order chi connectivity index (χ1) is 8.63. The number of benzene rings is 1. The van der Waals surface area contributed by atoms with E-state index in [0.717, 1.165) is 17.7 Å². The maximum Gasteiger partial charge on any atom is 0.214 e. The Kier molecular flexibility index (Phi) is 3.46. The Bertz CT molecular complexity index is 596. The third-order valence-corrected chi connectivity index (χ3v) is 2.66. The Labute approximate surface area is 103 Å². The molecule has 0 aliphatic rings. The standard InChI is InChI=1S/C14H11F2NO/c1-2-9-4-3-7-17-13(9)14(18)11-6-5-10(15)8-12(11)16/h3-8H,2H2,1H3. The van der Waals surface area contributed by atoms with Crippen LogP contribution in [0.3, 0.4) is 0 Å². The molecule has 0 aliphatic heterocycles. The number of aromatic nitrogens is 1. The summed E-state index contributed by atoms with van der Waals surface area (Å²) < 4.78 is 26.3. The summed E-state index contributed by atoms with van der Waals surface area (Å²) in [4.78, 5) is 16.1. The van der Waals surface area contributed by atoms with Crippen LogP contribution in [0.15, 0.2) is 36.5 Å². The van der Waals surface area contributed by atoms with Crippen molar-refractivity contribution in [1.82, 2.24) is 4.98 Å². The van der Waals surface area contributed by atoms with Gasteiger partial charge in [0.15, 0.2) is 0 Å². The zero-order chi connectivity index (χ0) is 13.1. The van der Waals surface area contributed by atoms with E-state index in [0.29, 0.717) is 12.5 Å². The van der Waals surface area contributed by atoms with E-state index in [-0.39, 0.29) is 11.3 Å². The van der Waals surface area contributed by atoms with Crippen LogP contribution in [0.5, 0.6) is 0 Å². The van der Waals surface area contributed by atoms with Gasteiger partial charge in [-0.25, -0.2) is 8.78 Å². The quantitative estimate of drug-likeness (QED) is 0.780. The average molecular weight is 247 g/mol. The van der Waals surface area contributed by atoms with E-state index in [4.69, 9.17) is 0 Å². The summed E-state index contributed by atoms with van der Waals surface area (Å²) in [6.07, 6.45) is 2.10. The third kappa shape index (κ3) is 2.27. The number of rotatable bonds is 3. The monoisotopic (exact) mass is 247 g/mol. The van der Waals surface area contributed by atoms with Crippen LogP contribution in [0.4, 0.5) is 8.78 Å². The lowest BCUT2D eigenvalue weighted by atomic mass is 10.0. The number of hydrogen-bond donors (Lipinski definition) is 0. The molecule has 1 heterocycles. The Morgan fingerprint density at radius 3 is 2.72 bits per heavy atom. The number of carbonyl (C=O) groups is 1. The molecule has 0 amide bonds. The molecule has 1 aromatic carbocycles. The van der Waals surface area contributed by atoms with Crippen molar-refractivity contribution in [3.8, 4) is 0 Å². The molecule has 0 aliphatic carbocycles. The molecule has 0 spiro atoms. The van der Waals surface area contributed by atoms with Crippen LogP contribution >= 0.6 is 0 Å². The number of halogens is 2. The molecule has 1 aromatic heterocycles. The second-order valence-corrected chi connectivity index (χ2v) is 3.82. The molecule has 0 saturated carbocycles. The van der Waals surface area contributed by atoms with Crippen LogP contribution in [0.25, 0.3) is 0 Å². The molecular weight excluding hydrogens is 236 g/mol. The van der Waals surface area contributed by atoms with Gasteiger partial charge in [0, 0.05) is 12.3 Å². The minimum atomic E-state index is -0.868. The van der Waals surface area contributed by atoms with Crippen molar-refractivity contribution in [2.24, 2.45) is 0 Å². The number of pyridine rings is 1. The summed E-state index contributed by atoms with van der Waals surface area (Å²) in [5.74, 6) is -2.10. The zero-order valence-electron chi connectivity index (χ0n) is 9.78. The van der Waals surface area contributed by atoms with Gasteiger partial charge < -0.3 is 0 Å². The van der Waals surface area contributed by atoms with E-state index in [2.05, 4.69) is 4.98 Å². The van der Waals surface area contributed by atoms with Crippen LogP contribution in [-0.4, -0.2) is 10.8 Å². The molecule has 2 rings (SSSR count). The van der Waals surface area contributed by atoms with Gasteiger partial charge in [0.1, 0.15) is 17.3 Å². The van der Waals surface area contributed by atoms with Gasteiger partial charge in [-0.1, -0.05) is 13.0 Å². The van der Waals surface area contributed by atoms with E-state index < -0.39 is 17.4 Å². The van der Waals surface area contributed by atoms with Crippen molar-refractivity contribution in [3.63, 3.8) is 0 Å². The van der Waals surface area contributed by atoms with E-state index in [1.807, 2.05) is 6.92 Å². The summed E-state index contributed by atoms with van der Waals surface area (Å²) >= 11 is 0. The molecule has 0 radical (unpaired) electrons. The largest absolute Gasteiger partial charge is 0.287 e. The van der Waals surface area contributed by atoms with Crippen molar-refractivity contribution in [2.75, 3.05) is 0 Å². The van der Waals surface area contributed by atoms with Crippen LogP contribution in [0.2, 0.25) is 0 Å². The van der Waals surface area contributed by atoms with Gasteiger partial charge in [-0.3, -0.25) is 9.78 Å². The number of aryl methyl sites for hydroxylation is 1. The van der Waals surface area contributed by atoms with Crippen LogP contribution in [0.1, 0.15) is 28.5 Å². The van der Waals surface area contributed by atoms with Crippen LogP contribution < -0.4 is 0 Å². The third-order valence-electron chi connectivity index (χ3n) is 2.66. The predicted octanol–water partition coefficient (Wildman–Crippen LogP) is 3.15. The summed E-state index contributed by atoms with van der Waals surface area (Å²) in [6.45, 7) is 1.88. The number of hydrogen-bond acceptors (Lipinski definition) is 2. The van der Waals surface area contributed by atoms with Crippen molar-refractivity contribution in [3.05, 3.63) is 65.0 Å². The summed E-state index contributed by atoms with van der Waals surface area (Å²) in [5, 5.41) is 0. The second kappa shape index (κ2) is 5.04. The van der Waals surface area contributed by atoms with Gasteiger partial charge in [-0.05, 0) is 30.2 Å². The van der Waals surface area contributed by atoms with Crippen molar-refractivity contribution < 1.29 is 13.6 Å². The fourth-order valence-corrected chi connectivity index (χ4v) is 1.73. The lowest BCUT2D eigenvalue weighted by Gasteiger charge is -2.06. The SMILES string of the molecule is CCc1cccnc1C(=O)c1ccc(F)cc1F. The van der Waals surface area contributed by atoms with Crippen molar-refractivity contribution in [1.29, 1.82) is 0 Å². The highest BCUT2D eigenvalue weighted by atomic mass is 19.1. The average Bonchev–Trinajstić information content (AvgIpc) is 2.38. The fourth-order valence-electron chi connectivity index (χ4n) is 1.73. The molecule has 0 saturated heterocycles. The van der Waals surface area contributed by atoms with Gasteiger partial charge >= 0.3 is 0 Å². The van der Waals surface area contributed by atoms with Crippen LogP contribution in [-0.2, 0) is 6.42 Å². The molecular formula is C14H11F2NO. The van der Waals surface area contributed by atoms with Gasteiger partial charge in [0.05, 0.1) is 5.56 Å². The Morgan fingerprint density at radius 1 is 1.28 bits per heavy atom. The maximum absolute atomic E-state index is 13.5. The first-order valence-corrected chi connectivity index (χ1v) is 5.57. The smallest absolute Gasteiger partial charge is 0.214 e. The number of carbonyl (C=O) groups excluding carboxylic acids is 1. The highest BCUT2D eigenvalue weighted by molar-refractivity contribution is 6.08. The summed E-state index contributed by atoms with van der Waals surface area (Å²) in [6, 6.07) is 6.38. The van der Waals surface area contributed by atoms with Gasteiger partial charge in [-0.2, -0.15) is 0 Å². The molecule has 0 bridgehead atoms. The first kappa shape index (κ1) is 12.4. The van der Waals surface area contributed by atoms with Gasteiger partial charge in [-0.15, -0.1) is 0 Å². The highest BCUT2D eigenvalue weighted by Gasteiger charge is 2.18. The summed E-state index contributed by atoms with van der Waals surface area (Å²) in [5.41, 5.74) is 0.793. The number of nitrogens with zero attached hydrogens (tertiary/aromatic N) is 1. The fraction of sp³-hybridized carbons (Fsp3) is 0.143. The molecule has 18 heavy (non-hydrogen) atoms. The molecule has 4 heteroatoms. The Hall–Kier alpha value is -2.10. The normalized spacial score (nSPS) is 10.4. The Balaban J connectivity index is 2.48. The van der Waals surface area contributed by atoms with E-state index >= 15 is 0 Å². The van der Waals surface area contributed by atoms with E-state index in [9.17, 15) is 13.6 Å². The molecule has 0 N–H and O–H groups in total. The van der Waals surface area contributed by atoms with Gasteiger partial charge in [0.25, 0.3) is 0 Å². The molecule has 0 fully saturated rings. The molecule has 2 aromatic rings. The topological polar surface area (TPSA) is 30.0 Å². The molecule has 0 atom stereocenters. The zero-order valence-corrected chi connectivity index (χ0v) is 9.78. The lowest BCUT2D eigenvalue weighted by Crippen LogP contribution is -2.09. The highest BCUT2D eigenvalue weighted by Crippen LogP contribution is 2.16. The molecule has 0 unspecified atom stereocenters. The van der Waals surface area contributed by atoms with Gasteiger partial charge in [0.2, 0.25) is 5.78 Å². The maximum atomic E-state index is 13.5. The number of ketones is 1. The van der Waals surface area contributed by atoms with Crippen molar-refractivity contribution >= 4 is 5.78 Å². The predicted molar refractivity (Wildman–Crippen MR) is 63.4 cm³/mol.